The van der Waals surface area contributed by atoms with Gasteiger partial charge in [0.25, 0.3) is 0 Å². The van der Waals surface area contributed by atoms with E-state index in [4.69, 9.17) is 18.6 Å². The number of hydrogen-bond donors (Lipinski definition) is 1. The lowest BCUT2D eigenvalue weighted by atomic mass is 10.2. The monoisotopic (exact) mass is 370 g/mol. The summed E-state index contributed by atoms with van der Waals surface area (Å²) >= 11 is 0. The summed E-state index contributed by atoms with van der Waals surface area (Å²) in [5.41, 5.74) is 1.06. The number of hydrogen-bond acceptors (Lipinski definition) is 5. The molecule has 0 spiro atoms. The highest BCUT2D eigenvalue weighted by Gasteiger charge is 2.37. The molecule has 0 aromatic heterocycles. The Balaban J connectivity index is 2.24. The molecule has 0 bridgehead atoms. The molecule has 1 aromatic rings. The van der Waals surface area contributed by atoms with Crippen LogP contribution in [0, 0.1) is 5.92 Å². The molecule has 25 heavy (non-hydrogen) atoms. The summed E-state index contributed by atoms with van der Waals surface area (Å²) in [5.74, 6) is 0.797. The number of aliphatic hydroxyl groups excluding tert-OH is 1. The largest absolute Gasteiger partial charge is 0.497 e. The molecule has 1 rings (SSSR count). The van der Waals surface area contributed by atoms with Crippen molar-refractivity contribution in [2.45, 2.75) is 45.5 Å². The first-order chi connectivity index (χ1) is 11.7. The Hall–Kier alpha value is -0.923. The Morgan fingerprint density at radius 3 is 2.20 bits per heavy atom. The molecule has 0 saturated heterocycles. The maximum absolute atomic E-state index is 9.51. The lowest BCUT2D eigenvalue weighted by molar-refractivity contribution is -0.0797. The van der Waals surface area contributed by atoms with Crippen LogP contribution in [0.1, 0.15) is 26.3 Å². The number of benzene rings is 1. The second kappa shape index (κ2) is 10.3. The van der Waals surface area contributed by atoms with Crippen LogP contribution in [-0.2, 0) is 20.5 Å². The van der Waals surface area contributed by atoms with Gasteiger partial charge in [-0.3, -0.25) is 0 Å². The Morgan fingerprint density at radius 1 is 1.04 bits per heavy atom. The molecule has 0 heterocycles. The zero-order valence-electron chi connectivity index (χ0n) is 16.5. The highest BCUT2D eigenvalue weighted by molar-refractivity contribution is 6.74. The van der Waals surface area contributed by atoms with Gasteiger partial charge in [-0.25, -0.2) is 0 Å². The molecule has 0 unspecified atom stereocenters. The van der Waals surface area contributed by atoms with Crippen molar-refractivity contribution in [3.63, 3.8) is 0 Å². The predicted octanol–water partition coefficient (Wildman–Crippen LogP) is 3.82. The molecular weight excluding hydrogens is 336 g/mol. The smallest absolute Gasteiger partial charge is 0.191 e. The Labute approximate surface area is 153 Å². The summed E-state index contributed by atoms with van der Waals surface area (Å²) in [4.78, 5) is 0. The Morgan fingerprint density at radius 2 is 1.68 bits per heavy atom. The second-order valence-corrected chi connectivity index (χ2v) is 12.6. The van der Waals surface area contributed by atoms with E-state index in [0.717, 1.165) is 11.3 Å². The molecule has 1 N–H and O–H groups in total. The van der Waals surface area contributed by atoms with Gasteiger partial charge in [0, 0.05) is 12.5 Å². The van der Waals surface area contributed by atoms with E-state index in [1.807, 2.05) is 24.3 Å². The van der Waals surface area contributed by atoms with Gasteiger partial charge in [0.1, 0.15) is 12.5 Å². The molecule has 0 radical (unpaired) electrons. The first-order valence-corrected chi connectivity index (χ1v) is 11.6. The van der Waals surface area contributed by atoms with Crippen LogP contribution >= 0.6 is 0 Å². The molecule has 0 aliphatic heterocycles. The van der Waals surface area contributed by atoms with Crippen molar-refractivity contribution in [3.05, 3.63) is 29.8 Å². The second-order valence-electron chi connectivity index (χ2n) is 7.81. The summed E-state index contributed by atoms with van der Waals surface area (Å²) in [6.45, 7) is 12.7. The number of methoxy groups -OCH3 is 1. The van der Waals surface area contributed by atoms with Gasteiger partial charge < -0.3 is 23.7 Å². The third-order valence-electron chi connectivity index (χ3n) is 4.69. The third kappa shape index (κ3) is 7.88. The average molecular weight is 371 g/mol. The minimum absolute atomic E-state index is 0.0290. The van der Waals surface area contributed by atoms with Crippen molar-refractivity contribution in [2.24, 2.45) is 5.92 Å². The quantitative estimate of drug-likeness (QED) is 0.365. The van der Waals surface area contributed by atoms with Crippen molar-refractivity contribution in [1.29, 1.82) is 0 Å². The Bertz CT molecular complexity index is 482. The topological polar surface area (TPSA) is 57.2 Å². The molecule has 0 aliphatic carbocycles. The SMILES string of the molecule is COc1ccc(COCOC[C@@H](CO)CO[Si](C)(C)C(C)(C)C)cc1. The third-order valence-corrected chi connectivity index (χ3v) is 9.19. The number of aliphatic hydroxyl groups is 1. The molecule has 0 fully saturated rings. The Kier molecular flexibility index (Phi) is 9.10. The highest BCUT2D eigenvalue weighted by atomic mass is 28.4. The summed E-state index contributed by atoms with van der Waals surface area (Å²) in [6, 6.07) is 7.73. The van der Waals surface area contributed by atoms with Gasteiger partial charge in [-0.15, -0.1) is 0 Å². The summed E-state index contributed by atoms with van der Waals surface area (Å²) in [5, 5.41) is 9.67. The van der Waals surface area contributed by atoms with Gasteiger partial charge in [0.2, 0.25) is 0 Å². The van der Waals surface area contributed by atoms with Crippen molar-refractivity contribution in [3.8, 4) is 5.75 Å². The van der Waals surface area contributed by atoms with Gasteiger partial charge in [0.05, 0.1) is 26.9 Å². The van der Waals surface area contributed by atoms with Crippen LogP contribution in [0.15, 0.2) is 24.3 Å². The van der Waals surface area contributed by atoms with Crippen LogP contribution in [-0.4, -0.2) is 47.1 Å². The normalized spacial score (nSPS) is 13.7. The van der Waals surface area contributed by atoms with E-state index in [9.17, 15) is 5.11 Å². The zero-order valence-corrected chi connectivity index (χ0v) is 17.5. The fourth-order valence-corrected chi connectivity index (χ4v) is 2.94. The predicted molar refractivity (Wildman–Crippen MR) is 102 cm³/mol. The van der Waals surface area contributed by atoms with Crippen molar-refractivity contribution in [2.75, 3.05) is 33.7 Å². The van der Waals surface area contributed by atoms with Gasteiger partial charge in [0.15, 0.2) is 8.32 Å². The molecule has 1 aromatic carbocycles. The molecule has 0 aliphatic rings. The van der Waals surface area contributed by atoms with Crippen molar-refractivity contribution in [1.82, 2.24) is 0 Å². The van der Waals surface area contributed by atoms with E-state index in [-0.39, 0.29) is 24.4 Å². The fraction of sp³-hybridized carbons (Fsp3) is 0.684. The van der Waals surface area contributed by atoms with Crippen LogP contribution < -0.4 is 4.74 Å². The van der Waals surface area contributed by atoms with Gasteiger partial charge in [-0.2, -0.15) is 0 Å². The average Bonchev–Trinajstić information content (AvgIpc) is 2.56. The van der Waals surface area contributed by atoms with Crippen LogP contribution in [0.5, 0.6) is 5.75 Å². The molecule has 6 heteroatoms. The first kappa shape index (κ1) is 22.1. The molecule has 0 saturated carbocycles. The van der Waals surface area contributed by atoms with E-state index >= 15 is 0 Å². The first-order valence-electron chi connectivity index (χ1n) is 8.73. The fourth-order valence-electron chi connectivity index (χ4n) is 1.85. The molecular formula is C19H34O5Si. The van der Waals surface area contributed by atoms with Crippen LogP contribution in [0.4, 0.5) is 0 Å². The lowest BCUT2D eigenvalue weighted by Crippen LogP contribution is -2.42. The number of rotatable bonds is 11. The maximum Gasteiger partial charge on any atom is 0.191 e. The van der Waals surface area contributed by atoms with E-state index in [1.54, 1.807) is 7.11 Å². The number of ether oxygens (including phenoxy) is 3. The van der Waals surface area contributed by atoms with Crippen molar-refractivity contribution >= 4 is 8.32 Å². The van der Waals surface area contributed by atoms with E-state index < -0.39 is 8.32 Å². The summed E-state index contributed by atoms with van der Waals surface area (Å²) < 4.78 is 22.3. The van der Waals surface area contributed by atoms with E-state index in [0.29, 0.717) is 19.8 Å². The maximum atomic E-state index is 9.51. The van der Waals surface area contributed by atoms with Crippen LogP contribution in [0.2, 0.25) is 18.1 Å². The van der Waals surface area contributed by atoms with Crippen LogP contribution in [0.25, 0.3) is 0 Å². The molecule has 1 atom stereocenters. The minimum atomic E-state index is -1.80. The molecule has 5 nitrogen and oxygen atoms in total. The molecule has 144 valence electrons. The minimum Gasteiger partial charge on any atom is -0.497 e. The summed E-state index contributed by atoms with van der Waals surface area (Å²) in [7, 11) is -0.154. The van der Waals surface area contributed by atoms with Gasteiger partial charge >= 0.3 is 0 Å². The van der Waals surface area contributed by atoms with Crippen molar-refractivity contribution < 1.29 is 23.7 Å². The van der Waals surface area contributed by atoms with Gasteiger partial charge in [-0.1, -0.05) is 32.9 Å². The van der Waals surface area contributed by atoms with Crippen LogP contribution in [0.3, 0.4) is 0 Å². The van der Waals surface area contributed by atoms with E-state index in [2.05, 4.69) is 33.9 Å². The highest BCUT2D eigenvalue weighted by Crippen LogP contribution is 2.36. The standard InChI is InChI=1S/C19H34O5Si/c1-19(2,3)25(5,6)24-14-17(11-20)13-23-15-22-12-16-7-9-18(21-4)10-8-16/h7-10,17,20H,11-15H2,1-6H3/t17-/m1/s1. The summed E-state index contributed by atoms with van der Waals surface area (Å²) in [6.07, 6.45) is 0. The van der Waals surface area contributed by atoms with E-state index in [1.165, 1.54) is 0 Å². The molecule has 0 amide bonds. The zero-order chi connectivity index (χ0) is 18.9. The van der Waals surface area contributed by atoms with Gasteiger partial charge in [-0.05, 0) is 35.8 Å². The lowest BCUT2D eigenvalue weighted by Gasteiger charge is -2.37.